The standard InChI is InChI=1S/C29H21FN2O2/c30-26-11-6-12-27(25(26)19-31)34-23-15-13-22(14-16-23)29(33)32-18-17-20-7-4-5-10-24(20)28(32)21-8-2-1-3-9-21/h1-16,28H,17-18H2/t28-/m0/s1. The number of halogens is 1. The molecule has 0 aliphatic carbocycles. The summed E-state index contributed by atoms with van der Waals surface area (Å²) in [6, 6.07) is 30.9. The summed E-state index contributed by atoms with van der Waals surface area (Å²) in [5.41, 5.74) is 3.85. The van der Waals surface area contributed by atoms with Crippen molar-refractivity contribution in [3.8, 4) is 17.6 Å². The molecule has 0 N–H and O–H groups in total. The van der Waals surface area contributed by atoms with Crippen molar-refractivity contribution < 1.29 is 13.9 Å². The smallest absolute Gasteiger partial charge is 0.254 e. The highest BCUT2D eigenvalue weighted by Gasteiger charge is 2.32. The Morgan fingerprint density at radius 2 is 1.65 bits per heavy atom. The Hall–Kier alpha value is -4.43. The van der Waals surface area contributed by atoms with Gasteiger partial charge in [0.05, 0.1) is 6.04 Å². The Bertz CT molecular complexity index is 1380. The molecule has 0 spiro atoms. The van der Waals surface area contributed by atoms with E-state index in [0.717, 1.165) is 17.5 Å². The molecule has 1 atom stereocenters. The second-order valence-electron chi connectivity index (χ2n) is 8.11. The predicted molar refractivity (Wildman–Crippen MR) is 127 cm³/mol. The summed E-state index contributed by atoms with van der Waals surface area (Å²) in [5.74, 6) is -0.150. The van der Waals surface area contributed by atoms with E-state index in [1.807, 2.05) is 41.3 Å². The minimum Gasteiger partial charge on any atom is -0.456 e. The fourth-order valence-corrected chi connectivity index (χ4v) is 4.44. The third-order valence-electron chi connectivity index (χ3n) is 6.08. The molecule has 0 fully saturated rings. The van der Waals surface area contributed by atoms with Crippen molar-refractivity contribution in [2.45, 2.75) is 12.5 Å². The Morgan fingerprint density at radius 1 is 0.912 bits per heavy atom. The number of fused-ring (bicyclic) bond motifs is 1. The van der Waals surface area contributed by atoms with Crippen LogP contribution in [-0.2, 0) is 6.42 Å². The number of ether oxygens (including phenoxy) is 1. The van der Waals surface area contributed by atoms with Crippen molar-refractivity contribution in [2.75, 3.05) is 6.54 Å². The summed E-state index contributed by atoms with van der Waals surface area (Å²) in [6.07, 6.45) is 0.795. The van der Waals surface area contributed by atoms with Crippen molar-refractivity contribution in [2.24, 2.45) is 0 Å². The highest BCUT2D eigenvalue weighted by atomic mass is 19.1. The van der Waals surface area contributed by atoms with Crippen LogP contribution >= 0.6 is 0 Å². The molecule has 0 bridgehead atoms. The molecule has 5 heteroatoms. The van der Waals surface area contributed by atoms with Crippen LogP contribution < -0.4 is 4.74 Å². The van der Waals surface area contributed by atoms with E-state index in [2.05, 4.69) is 24.3 Å². The molecule has 0 unspecified atom stereocenters. The molecule has 0 radical (unpaired) electrons. The van der Waals surface area contributed by atoms with Gasteiger partial charge in [0.15, 0.2) is 0 Å². The highest BCUT2D eigenvalue weighted by molar-refractivity contribution is 5.95. The van der Waals surface area contributed by atoms with Gasteiger partial charge in [0, 0.05) is 12.1 Å². The number of hydrogen-bond acceptors (Lipinski definition) is 3. The lowest BCUT2D eigenvalue weighted by molar-refractivity contribution is 0.0694. The van der Waals surface area contributed by atoms with Gasteiger partial charge in [0.1, 0.15) is 28.9 Å². The van der Waals surface area contributed by atoms with Gasteiger partial charge < -0.3 is 9.64 Å². The van der Waals surface area contributed by atoms with Crippen LogP contribution in [0.3, 0.4) is 0 Å². The largest absolute Gasteiger partial charge is 0.456 e. The van der Waals surface area contributed by atoms with E-state index in [9.17, 15) is 14.4 Å². The quantitative estimate of drug-likeness (QED) is 0.369. The van der Waals surface area contributed by atoms with Gasteiger partial charge in [0.25, 0.3) is 5.91 Å². The fourth-order valence-electron chi connectivity index (χ4n) is 4.44. The minimum absolute atomic E-state index is 0.0709. The second kappa shape index (κ2) is 9.21. The Balaban J connectivity index is 1.43. The lowest BCUT2D eigenvalue weighted by Crippen LogP contribution is -2.40. The summed E-state index contributed by atoms with van der Waals surface area (Å²) in [5, 5.41) is 9.21. The molecule has 1 heterocycles. The summed E-state index contributed by atoms with van der Waals surface area (Å²) in [7, 11) is 0. The third-order valence-corrected chi connectivity index (χ3v) is 6.08. The van der Waals surface area contributed by atoms with Crippen LogP contribution in [0.5, 0.6) is 11.5 Å². The Labute approximate surface area is 197 Å². The number of amides is 1. The first-order valence-corrected chi connectivity index (χ1v) is 11.1. The molecule has 0 saturated carbocycles. The van der Waals surface area contributed by atoms with Gasteiger partial charge in [0.2, 0.25) is 0 Å². The molecule has 4 aromatic carbocycles. The summed E-state index contributed by atoms with van der Waals surface area (Å²) >= 11 is 0. The summed E-state index contributed by atoms with van der Waals surface area (Å²) in [4.78, 5) is 15.5. The van der Waals surface area contributed by atoms with Crippen molar-refractivity contribution in [1.82, 2.24) is 4.90 Å². The van der Waals surface area contributed by atoms with E-state index >= 15 is 0 Å². The molecule has 5 rings (SSSR count). The molecule has 0 aromatic heterocycles. The van der Waals surface area contributed by atoms with Crippen LogP contribution in [0.1, 0.15) is 38.7 Å². The normalized spacial score (nSPS) is 14.7. The minimum atomic E-state index is -0.635. The van der Waals surface area contributed by atoms with Crippen molar-refractivity contribution in [3.05, 3.63) is 131 Å². The van der Waals surface area contributed by atoms with E-state index < -0.39 is 5.82 Å². The first-order chi connectivity index (χ1) is 16.7. The zero-order valence-corrected chi connectivity index (χ0v) is 18.3. The third kappa shape index (κ3) is 4.02. The van der Waals surface area contributed by atoms with Crippen molar-refractivity contribution >= 4 is 5.91 Å². The molecule has 34 heavy (non-hydrogen) atoms. The molecular weight excluding hydrogens is 427 g/mol. The van der Waals surface area contributed by atoms with E-state index in [1.54, 1.807) is 24.3 Å². The number of hydrogen-bond donors (Lipinski definition) is 0. The second-order valence-corrected chi connectivity index (χ2v) is 8.11. The molecular formula is C29H21FN2O2. The summed E-state index contributed by atoms with van der Waals surface area (Å²) < 4.78 is 19.6. The molecule has 1 aliphatic heterocycles. The number of benzene rings is 4. The van der Waals surface area contributed by atoms with E-state index in [4.69, 9.17) is 4.74 Å². The molecule has 4 nitrogen and oxygen atoms in total. The van der Waals surface area contributed by atoms with E-state index in [0.29, 0.717) is 17.9 Å². The average Bonchev–Trinajstić information content (AvgIpc) is 2.89. The number of carbonyl (C=O) groups excluding carboxylic acids is 1. The number of nitrogens with zero attached hydrogens (tertiary/aromatic N) is 2. The van der Waals surface area contributed by atoms with Gasteiger partial charge >= 0.3 is 0 Å². The fraction of sp³-hybridized carbons (Fsp3) is 0.103. The van der Waals surface area contributed by atoms with E-state index in [-0.39, 0.29) is 23.3 Å². The van der Waals surface area contributed by atoms with Crippen molar-refractivity contribution in [1.29, 1.82) is 5.26 Å². The van der Waals surface area contributed by atoms with Gasteiger partial charge in [-0.15, -0.1) is 0 Å². The zero-order valence-electron chi connectivity index (χ0n) is 18.3. The number of rotatable bonds is 4. The number of nitriles is 1. The molecule has 1 amide bonds. The first kappa shape index (κ1) is 21.4. The first-order valence-electron chi connectivity index (χ1n) is 11.1. The van der Waals surface area contributed by atoms with Gasteiger partial charge in [-0.3, -0.25) is 4.79 Å². The van der Waals surface area contributed by atoms with Crippen LogP contribution in [-0.4, -0.2) is 17.4 Å². The SMILES string of the molecule is N#Cc1c(F)cccc1Oc1ccc(C(=O)N2CCc3ccccc3[C@@H]2c2ccccc2)cc1. The van der Waals surface area contributed by atoms with Gasteiger partial charge in [-0.1, -0.05) is 60.7 Å². The van der Waals surface area contributed by atoms with Crippen LogP contribution in [0.4, 0.5) is 4.39 Å². The van der Waals surface area contributed by atoms with Gasteiger partial charge in [-0.25, -0.2) is 4.39 Å². The molecule has 1 aliphatic rings. The van der Waals surface area contributed by atoms with Crippen molar-refractivity contribution in [3.63, 3.8) is 0 Å². The maximum Gasteiger partial charge on any atom is 0.254 e. The predicted octanol–water partition coefficient (Wildman–Crippen LogP) is 6.28. The number of carbonyl (C=O) groups is 1. The summed E-state index contributed by atoms with van der Waals surface area (Å²) in [6.45, 7) is 0.614. The highest BCUT2D eigenvalue weighted by Crippen LogP contribution is 2.36. The maximum absolute atomic E-state index is 13.9. The van der Waals surface area contributed by atoms with Gasteiger partial charge in [-0.2, -0.15) is 5.26 Å². The maximum atomic E-state index is 13.9. The monoisotopic (exact) mass is 448 g/mol. The van der Waals surface area contributed by atoms with Gasteiger partial charge in [-0.05, 0) is 59.5 Å². The van der Waals surface area contributed by atoms with Crippen LogP contribution in [0.25, 0.3) is 0 Å². The molecule has 4 aromatic rings. The average molecular weight is 448 g/mol. The molecule has 0 saturated heterocycles. The lowest BCUT2D eigenvalue weighted by atomic mass is 9.88. The Kier molecular flexibility index (Phi) is 5.80. The topological polar surface area (TPSA) is 53.3 Å². The molecule has 166 valence electrons. The van der Waals surface area contributed by atoms with Crippen LogP contribution in [0, 0.1) is 17.1 Å². The zero-order chi connectivity index (χ0) is 23.5. The lowest BCUT2D eigenvalue weighted by Gasteiger charge is -2.38. The van der Waals surface area contributed by atoms with E-state index in [1.165, 1.54) is 23.8 Å². The van der Waals surface area contributed by atoms with Crippen LogP contribution in [0.2, 0.25) is 0 Å². The van der Waals surface area contributed by atoms with Crippen LogP contribution in [0.15, 0.2) is 97.1 Å². The Morgan fingerprint density at radius 3 is 2.41 bits per heavy atom.